The van der Waals surface area contributed by atoms with E-state index in [-0.39, 0.29) is 45.9 Å². The van der Waals surface area contributed by atoms with E-state index in [0.29, 0.717) is 16.4 Å². The Kier molecular flexibility index (Phi) is 9.36. The van der Waals surface area contributed by atoms with Crippen molar-refractivity contribution < 1.29 is 21.6 Å². The molecule has 0 aliphatic heterocycles. The Labute approximate surface area is 231 Å². The monoisotopic (exact) mass is 603 g/mol. The van der Waals surface area contributed by atoms with Gasteiger partial charge in [-0.05, 0) is 73.5 Å². The summed E-state index contributed by atoms with van der Waals surface area (Å²) < 4.78 is 53.6. The standard InChI is InChI=1S/C24H24Cl3N3O5S2/c1-16-5-6-17(25)15-23(16)30(36(2,32)33)11-3-4-24(31)28-20-7-9-22(10-8-20)37(34,35)29-21-13-18(26)12-19(27)14-21/h5-10,12-15,29H,3-4,11H2,1-2H3,(H,28,31). The van der Waals surface area contributed by atoms with Gasteiger partial charge in [-0.25, -0.2) is 16.8 Å². The summed E-state index contributed by atoms with van der Waals surface area (Å²) in [4.78, 5) is 12.4. The number of benzene rings is 3. The van der Waals surface area contributed by atoms with Crippen LogP contribution in [0.2, 0.25) is 15.1 Å². The number of nitrogens with zero attached hydrogens (tertiary/aromatic N) is 1. The quantitative estimate of drug-likeness (QED) is 0.297. The second-order valence-electron chi connectivity index (χ2n) is 8.21. The Morgan fingerprint density at radius 2 is 1.46 bits per heavy atom. The number of amides is 1. The maximum absolute atomic E-state index is 12.7. The van der Waals surface area contributed by atoms with E-state index in [0.717, 1.165) is 11.8 Å². The Morgan fingerprint density at radius 3 is 2.05 bits per heavy atom. The minimum atomic E-state index is -3.91. The fourth-order valence-electron chi connectivity index (χ4n) is 3.47. The van der Waals surface area contributed by atoms with Crippen LogP contribution < -0.4 is 14.3 Å². The Balaban J connectivity index is 1.60. The third-order valence-corrected chi connectivity index (χ3v) is 8.42. The van der Waals surface area contributed by atoms with Crippen LogP contribution >= 0.6 is 34.8 Å². The lowest BCUT2D eigenvalue weighted by Gasteiger charge is -2.24. The molecule has 0 saturated carbocycles. The molecule has 3 rings (SSSR count). The molecule has 13 heteroatoms. The first-order valence-corrected chi connectivity index (χ1v) is 15.3. The number of hydrogen-bond acceptors (Lipinski definition) is 5. The second-order valence-corrected chi connectivity index (χ2v) is 13.1. The van der Waals surface area contributed by atoms with Crippen molar-refractivity contribution in [3.05, 3.63) is 81.3 Å². The number of hydrogen-bond donors (Lipinski definition) is 2. The molecule has 0 spiro atoms. The van der Waals surface area contributed by atoms with E-state index >= 15 is 0 Å². The molecule has 0 bridgehead atoms. The lowest BCUT2D eigenvalue weighted by Crippen LogP contribution is -2.32. The molecule has 0 aliphatic carbocycles. The van der Waals surface area contributed by atoms with Crippen molar-refractivity contribution in [2.45, 2.75) is 24.7 Å². The van der Waals surface area contributed by atoms with Gasteiger partial charge in [0.1, 0.15) is 0 Å². The van der Waals surface area contributed by atoms with Gasteiger partial charge in [0.25, 0.3) is 10.0 Å². The minimum Gasteiger partial charge on any atom is -0.326 e. The van der Waals surface area contributed by atoms with Crippen LogP contribution in [0.1, 0.15) is 18.4 Å². The van der Waals surface area contributed by atoms with Crippen LogP contribution in [0.3, 0.4) is 0 Å². The highest BCUT2D eigenvalue weighted by molar-refractivity contribution is 7.92. The number of carbonyl (C=O) groups is 1. The van der Waals surface area contributed by atoms with Crippen LogP contribution in [0, 0.1) is 6.92 Å². The minimum absolute atomic E-state index is 0.0257. The molecule has 3 aromatic carbocycles. The van der Waals surface area contributed by atoms with Gasteiger partial charge in [0.05, 0.1) is 22.5 Å². The summed E-state index contributed by atoms with van der Waals surface area (Å²) >= 11 is 17.9. The first kappa shape index (κ1) is 29.1. The van der Waals surface area contributed by atoms with E-state index in [1.54, 1.807) is 25.1 Å². The molecule has 0 aliphatic rings. The maximum Gasteiger partial charge on any atom is 0.261 e. The van der Waals surface area contributed by atoms with E-state index in [1.807, 2.05) is 0 Å². The molecule has 0 aromatic heterocycles. The summed E-state index contributed by atoms with van der Waals surface area (Å²) in [5.41, 5.74) is 1.80. The largest absolute Gasteiger partial charge is 0.326 e. The molecule has 0 atom stereocenters. The molecular weight excluding hydrogens is 581 g/mol. The van der Waals surface area contributed by atoms with E-state index in [1.165, 1.54) is 46.8 Å². The predicted octanol–water partition coefficient (Wildman–Crippen LogP) is 5.94. The Hall–Kier alpha value is -2.50. The lowest BCUT2D eigenvalue weighted by molar-refractivity contribution is -0.116. The molecule has 0 radical (unpaired) electrons. The molecule has 198 valence electrons. The van der Waals surface area contributed by atoms with Crippen molar-refractivity contribution >= 4 is 77.8 Å². The zero-order valence-corrected chi connectivity index (χ0v) is 23.7. The lowest BCUT2D eigenvalue weighted by atomic mass is 10.2. The third kappa shape index (κ3) is 8.24. The summed E-state index contributed by atoms with van der Waals surface area (Å²) in [5.74, 6) is -0.349. The number of nitrogens with one attached hydrogen (secondary N) is 2. The molecule has 1 amide bonds. The fourth-order valence-corrected chi connectivity index (χ4v) is 6.21. The van der Waals surface area contributed by atoms with E-state index in [2.05, 4.69) is 10.0 Å². The highest BCUT2D eigenvalue weighted by Crippen LogP contribution is 2.27. The number of anilines is 3. The highest BCUT2D eigenvalue weighted by Gasteiger charge is 2.20. The van der Waals surface area contributed by atoms with Crippen LogP contribution in [0.4, 0.5) is 17.1 Å². The van der Waals surface area contributed by atoms with Crippen molar-refractivity contribution in [3.63, 3.8) is 0 Å². The van der Waals surface area contributed by atoms with Gasteiger partial charge >= 0.3 is 0 Å². The first-order chi connectivity index (χ1) is 17.2. The van der Waals surface area contributed by atoms with Crippen molar-refractivity contribution in [2.75, 3.05) is 27.1 Å². The van der Waals surface area contributed by atoms with E-state index in [4.69, 9.17) is 34.8 Å². The van der Waals surface area contributed by atoms with Gasteiger partial charge < -0.3 is 5.32 Å². The van der Waals surface area contributed by atoms with Crippen molar-refractivity contribution in [1.82, 2.24) is 0 Å². The van der Waals surface area contributed by atoms with E-state index in [9.17, 15) is 21.6 Å². The van der Waals surface area contributed by atoms with Gasteiger partial charge in [-0.1, -0.05) is 40.9 Å². The molecule has 2 N–H and O–H groups in total. The van der Waals surface area contributed by atoms with Crippen LogP contribution in [-0.4, -0.2) is 35.5 Å². The highest BCUT2D eigenvalue weighted by atomic mass is 35.5. The summed E-state index contributed by atoms with van der Waals surface area (Å²) in [6, 6.07) is 14.9. The van der Waals surface area contributed by atoms with Gasteiger partial charge in [0, 0.05) is 33.7 Å². The van der Waals surface area contributed by atoms with E-state index < -0.39 is 20.0 Å². The zero-order chi connectivity index (χ0) is 27.4. The van der Waals surface area contributed by atoms with Crippen molar-refractivity contribution in [3.8, 4) is 0 Å². The molecule has 3 aromatic rings. The molecule has 8 nitrogen and oxygen atoms in total. The van der Waals surface area contributed by atoms with Crippen molar-refractivity contribution in [2.24, 2.45) is 0 Å². The zero-order valence-electron chi connectivity index (χ0n) is 19.8. The molecule has 0 fully saturated rings. The van der Waals surface area contributed by atoms with Gasteiger partial charge in [-0.3, -0.25) is 13.8 Å². The summed E-state index contributed by atoms with van der Waals surface area (Å²) in [6.07, 6.45) is 1.39. The molecule has 37 heavy (non-hydrogen) atoms. The number of aryl methyl sites for hydroxylation is 1. The average Bonchev–Trinajstić information content (AvgIpc) is 2.77. The fraction of sp³-hybridized carbons (Fsp3) is 0.208. The average molecular weight is 605 g/mol. The summed E-state index contributed by atoms with van der Waals surface area (Å²) in [6.45, 7) is 1.86. The van der Waals surface area contributed by atoms with Crippen LogP contribution in [-0.2, 0) is 24.8 Å². The number of sulfonamides is 2. The number of carbonyl (C=O) groups excluding carboxylic acids is 1. The van der Waals surface area contributed by atoms with Gasteiger partial charge in [-0.2, -0.15) is 0 Å². The summed E-state index contributed by atoms with van der Waals surface area (Å²) in [7, 11) is -7.51. The van der Waals surface area contributed by atoms with Crippen LogP contribution in [0.15, 0.2) is 65.6 Å². The van der Waals surface area contributed by atoms with Gasteiger partial charge in [-0.15, -0.1) is 0 Å². The summed E-state index contributed by atoms with van der Waals surface area (Å²) in [5, 5.41) is 3.65. The molecule has 0 unspecified atom stereocenters. The van der Waals surface area contributed by atoms with Crippen molar-refractivity contribution in [1.29, 1.82) is 0 Å². The maximum atomic E-state index is 12.7. The van der Waals surface area contributed by atoms with Crippen LogP contribution in [0.25, 0.3) is 0 Å². The SMILES string of the molecule is Cc1ccc(Cl)cc1N(CCCC(=O)Nc1ccc(S(=O)(=O)Nc2cc(Cl)cc(Cl)c2)cc1)S(C)(=O)=O. The second kappa shape index (κ2) is 11.9. The molecular formula is C24H24Cl3N3O5S2. The topological polar surface area (TPSA) is 113 Å². The Bertz CT molecular complexity index is 1490. The first-order valence-electron chi connectivity index (χ1n) is 10.9. The predicted molar refractivity (Wildman–Crippen MR) is 150 cm³/mol. The molecule has 0 saturated heterocycles. The number of rotatable bonds is 10. The van der Waals surface area contributed by atoms with Gasteiger partial charge in [0.15, 0.2) is 0 Å². The van der Waals surface area contributed by atoms with Crippen LogP contribution in [0.5, 0.6) is 0 Å². The molecule has 0 heterocycles. The normalized spacial score (nSPS) is 11.7. The Morgan fingerprint density at radius 1 is 0.838 bits per heavy atom. The smallest absolute Gasteiger partial charge is 0.261 e. The number of halogens is 3. The third-order valence-electron chi connectivity index (χ3n) is 5.17. The van der Waals surface area contributed by atoms with Gasteiger partial charge in [0.2, 0.25) is 15.9 Å².